The number of nitriles is 1. The molecule has 5 nitrogen and oxygen atoms in total. The number of hydrogen-bond donors (Lipinski definition) is 2. The van der Waals surface area contributed by atoms with E-state index in [9.17, 15) is 15.2 Å². The summed E-state index contributed by atoms with van der Waals surface area (Å²) < 4.78 is 0. The molecule has 1 fully saturated rings. The van der Waals surface area contributed by atoms with Gasteiger partial charge in [0.1, 0.15) is 11.1 Å². The molecule has 0 radical (unpaired) electrons. The van der Waals surface area contributed by atoms with Gasteiger partial charge in [0.05, 0.1) is 5.56 Å². The third kappa shape index (κ3) is 3.97. The van der Waals surface area contributed by atoms with Gasteiger partial charge in [-0.15, -0.1) is 11.3 Å². The van der Waals surface area contributed by atoms with Crippen molar-refractivity contribution in [2.75, 3.05) is 31.6 Å². The normalized spacial score (nSPS) is 21.1. The number of nitrogens with one attached hydrogen (secondary N) is 1. The number of anilines is 1. The van der Waals surface area contributed by atoms with E-state index >= 15 is 0 Å². The average molecular weight is 347 g/mol. The Balaban J connectivity index is 1.58. The molecule has 1 aliphatic carbocycles. The first-order valence-electron chi connectivity index (χ1n) is 8.89. The fraction of sp³-hybridized carbons (Fsp3) is 0.667. The zero-order valence-corrected chi connectivity index (χ0v) is 14.8. The summed E-state index contributed by atoms with van der Waals surface area (Å²) in [4.78, 5) is 15.8. The third-order valence-electron chi connectivity index (χ3n) is 5.07. The molecule has 0 spiro atoms. The van der Waals surface area contributed by atoms with Gasteiger partial charge in [-0.1, -0.05) is 6.42 Å². The van der Waals surface area contributed by atoms with Crippen molar-refractivity contribution < 1.29 is 9.90 Å². The minimum atomic E-state index is -0.0182. The van der Waals surface area contributed by atoms with Crippen LogP contribution in [-0.2, 0) is 17.6 Å². The molecule has 2 aliphatic rings. The summed E-state index contributed by atoms with van der Waals surface area (Å²) in [6, 6.07) is 2.30. The quantitative estimate of drug-likeness (QED) is 0.803. The van der Waals surface area contributed by atoms with Crippen LogP contribution in [0, 0.1) is 17.2 Å². The van der Waals surface area contributed by atoms with Crippen LogP contribution in [-0.4, -0.2) is 42.2 Å². The number of aryl methyl sites for hydroxylation is 1. The monoisotopic (exact) mass is 347 g/mol. The van der Waals surface area contributed by atoms with Crippen molar-refractivity contribution >= 4 is 22.2 Å². The van der Waals surface area contributed by atoms with E-state index < -0.39 is 0 Å². The Bertz CT molecular complexity index is 635. The fourth-order valence-corrected chi connectivity index (χ4v) is 4.92. The number of aliphatic hydroxyl groups excluding tert-OH is 1. The SMILES string of the molecule is N#Cc1c(NC(=O)CCN2CCC(CO)C2)sc2c1CCCCC2. The van der Waals surface area contributed by atoms with Crippen LogP contribution in [0.1, 0.15) is 48.1 Å². The van der Waals surface area contributed by atoms with Crippen molar-refractivity contribution in [3.05, 3.63) is 16.0 Å². The number of aliphatic hydroxyl groups is 1. The Hall–Kier alpha value is -1.42. The summed E-state index contributed by atoms with van der Waals surface area (Å²) in [6.45, 7) is 2.78. The number of fused-ring (bicyclic) bond motifs is 1. The first kappa shape index (κ1) is 17.4. The Morgan fingerprint density at radius 2 is 2.21 bits per heavy atom. The highest BCUT2D eigenvalue weighted by Gasteiger charge is 2.23. The molecule has 1 unspecified atom stereocenters. The minimum Gasteiger partial charge on any atom is -0.396 e. The molecule has 1 atom stereocenters. The standard InChI is InChI=1S/C18H25N3O2S/c19-10-15-14-4-2-1-3-5-16(14)24-18(15)20-17(23)7-9-21-8-6-13(11-21)12-22/h13,22H,1-9,11-12H2,(H,20,23). The van der Waals surface area contributed by atoms with Crippen LogP contribution < -0.4 is 5.32 Å². The molecule has 3 rings (SSSR count). The van der Waals surface area contributed by atoms with E-state index in [0.29, 0.717) is 17.9 Å². The van der Waals surface area contributed by atoms with Crippen LogP contribution in [0.3, 0.4) is 0 Å². The van der Waals surface area contributed by atoms with Crippen molar-refractivity contribution in [2.45, 2.75) is 44.9 Å². The Morgan fingerprint density at radius 1 is 1.38 bits per heavy atom. The van der Waals surface area contributed by atoms with Crippen LogP contribution in [0.4, 0.5) is 5.00 Å². The maximum Gasteiger partial charge on any atom is 0.226 e. The van der Waals surface area contributed by atoms with E-state index in [4.69, 9.17) is 0 Å². The lowest BCUT2D eigenvalue weighted by molar-refractivity contribution is -0.116. The van der Waals surface area contributed by atoms with Crippen molar-refractivity contribution in [3.63, 3.8) is 0 Å². The second-order valence-corrected chi connectivity index (χ2v) is 7.92. The summed E-state index contributed by atoms with van der Waals surface area (Å²) in [6.07, 6.45) is 6.96. The highest BCUT2D eigenvalue weighted by Crippen LogP contribution is 2.37. The number of carbonyl (C=O) groups excluding carboxylic acids is 1. The number of amides is 1. The lowest BCUT2D eigenvalue weighted by atomic mass is 10.1. The van der Waals surface area contributed by atoms with Crippen molar-refractivity contribution in [1.82, 2.24) is 4.90 Å². The predicted octanol–water partition coefficient (Wildman–Crippen LogP) is 2.53. The van der Waals surface area contributed by atoms with E-state index in [0.717, 1.165) is 50.3 Å². The molecular formula is C18H25N3O2S. The second kappa shape index (κ2) is 8.11. The van der Waals surface area contributed by atoms with Gasteiger partial charge in [0.2, 0.25) is 5.91 Å². The first-order valence-corrected chi connectivity index (χ1v) is 9.70. The molecule has 1 amide bonds. The van der Waals surface area contributed by atoms with E-state index in [2.05, 4.69) is 16.3 Å². The maximum atomic E-state index is 12.3. The summed E-state index contributed by atoms with van der Waals surface area (Å²) in [5.41, 5.74) is 1.85. The Morgan fingerprint density at radius 3 is 2.96 bits per heavy atom. The molecule has 1 saturated heterocycles. The van der Waals surface area contributed by atoms with Gasteiger partial charge in [-0.2, -0.15) is 5.26 Å². The van der Waals surface area contributed by atoms with Crippen LogP contribution in [0.2, 0.25) is 0 Å². The van der Waals surface area contributed by atoms with Crippen LogP contribution in [0.25, 0.3) is 0 Å². The minimum absolute atomic E-state index is 0.0182. The zero-order chi connectivity index (χ0) is 16.9. The lowest BCUT2D eigenvalue weighted by Gasteiger charge is -2.14. The topological polar surface area (TPSA) is 76.4 Å². The van der Waals surface area contributed by atoms with E-state index in [1.54, 1.807) is 11.3 Å². The molecule has 2 N–H and O–H groups in total. The zero-order valence-electron chi connectivity index (χ0n) is 14.0. The van der Waals surface area contributed by atoms with Gasteiger partial charge in [0, 0.05) is 31.0 Å². The van der Waals surface area contributed by atoms with Crippen LogP contribution in [0.15, 0.2) is 0 Å². The first-order chi connectivity index (χ1) is 11.7. The smallest absolute Gasteiger partial charge is 0.226 e. The second-order valence-electron chi connectivity index (χ2n) is 6.82. The van der Waals surface area contributed by atoms with Gasteiger partial charge in [-0.25, -0.2) is 0 Å². The molecule has 2 heterocycles. The number of thiophene rings is 1. The van der Waals surface area contributed by atoms with E-state index in [1.807, 2.05) is 0 Å². The molecular weight excluding hydrogens is 322 g/mol. The molecule has 1 aromatic heterocycles. The van der Waals surface area contributed by atoms with Gasteiger partial charge in [0.15, 0.2) is 0 Å². The molecule has 1 aromatic rings. The number of rotatable bonds is 5. The highest BCUT2D eigenvalue weighted by atomic mass is 32.1. The molecule has 6 heteroatoms. The number of carbonyl (C=O) groups is 1. The van der Waals surface area contributed by atoms with Gasteiger partial charge < -0.3 is 15.3 Å². The summed E-state index contributed by atoms with van der Waals surface area (Å²) >= 11 is 1.59. The summed E-state index contributed by atoms with van der Waals surface area (Å²) in [5.74, 6) is 0.335. The van der Waals surface area contributed by atoms with Crippen molar-refractivity contribution in [3.8, 4) is 6.07 Å². The molecule has 24 heavy (non-hydrogen) atoms. The van der Waals surface area contributed by atoms with Crippen molar-refractivity contribution in [2.24, 2.45) is 5.92 Å². The molecule has 0 saturated carbocycles. The lowest BCUT2D eigenvalue weighted by Crippen LogP contribution is -2.26. The Labute approximate surface area is 147 Å². The van der Waals surface area contributed by atoms with Crippen LogP contribution >= 0.6 is 11.3 Å². The van der Waals surface area contributed by atoms with E-state index in [1.165, 1.54) is 23.3 Å². The Kier molecular flexibility index (Phi) is 5.88. The van der Waals surface area contributed by atoms with Gasteiger partial charge in [0.25, 0.3) is 0 Å². The number of hydrogen-bond acceptors (Lipinski definition) is 5. The molecule has 1 aliphatic heterocycles. The summed E-state index contributed by atoms with van der Waals surface area (Å²) in [5, 5.41) is 22.4. The highest BCUT2D eigenvalue weighted by molar-refractivity contribution is 7.16. The van der Waals surface area contributed by atoms with Gasteiger partial charge in [-0.05, 0) is 50.1 Å². The predicted molar refractivity (Wildman–Crippen MR) is 95.2 cm³/mol. The third-order valence-corrected chi connectivity index (χ3v) is 6.28. The van der Waals surface area contributed by atoms with Crippen LogP contribution in [0.5, 0.6) is 0 Å². The summed E-state index contributed by atoms with van der Waals surface area (Å²) in [7, 11) is 0. The van der Waals surface area contributed by atoms with Crippen molar-refractivity contribution in [1.29, 1.82) is 5.26 Å². The number of nitrogens with zero attached hydrogens (tertiary/aromatic N) is 2. The maximum absolute atomic E-state index is 12.3. The fourth-order valence-electron chi connectivity index (χ4n) is 3.66. The number of likely N-dealkylation sites (tertiary alicyclic amines) is 1. The molecule has 0 aromatic carbocycles. The van der Waals surface area contributed by atoms with Gasteiger partial charge >= 0.3 is 0 Å². The van der Waals surface area contributed by atoms with Gasteiger partial charge in [-0.3, -0.25) is 4.79 Å². The molecule has 130 valence electrons. The largest absolute Gasteiger partial charge is 0.396 e. The molecule has 0 bridgehead atoms. The van der Waals surface area contributed by atoms with E-state index in [-0.39, 0.29) is 12.5 Å². The average Bonchev–Trinajstić information content (AvgIpc) is 3.10.